The van der Waals surface area contributed by atoms with Gasteiger partial charge in [0.2, 0.25) is 15.8 Å². The van der Waals surface area contributed by atoms with Crippen LogP contribution in [0.4, 0.5) is 0 Å². The molecule has 1 aliphatic rings. The number of hydrogen-bond acceptors (Lipinski definition) is 7. The second kappa shape index (κ2) is 7.81. The first-order chi connectivity index (χ1) is 12.5. The first kappa shape index (κ1) is 18.3. The normalized spacial score (nSPS) is 15.5. The Hall–Kier alpha value is -2.49. The van der Waals surface area contributed by atoms with Gasteiger partial charge in [0.05, 0.1) is 24.4 Å². The highest BCUT2D eigenvalue weighted by molar-refractivity contribution is 7.89. The van der Waals surface area contributed by atoms with Crippen LogP contribution in [0.25, 0.3) is 0 Å². The smallest absolute Gasteiger partial charge is 0.374 e. The van der Waals surface area contributed by atoms with E-state index in [-0.39, 0.29) is 16.2 Å². The Morgan fingerprint density at radius 3 is 2.38 bits per heavy atom. The predicted octanol–water partition coefficient (Wildman–Crippen LogP) is 1.34. The van der Waals surface area contributed by atoms with Crippen LogP contribution in [-0.2, 0) is 19.5 Å². The highest BCUT2D eigenvalue weighted by atomic mass is 32.2. The summed E-state index contributed by atoms with van der Waals surface area (Å²) in [6.07, 6.45) is 1.33. The van der Waals surface area contributed by atoms with E-state index in [2.05, 4.69) is 0 Å². The zero-order valence-electron chi connectivity index (χ0n) is 13.8. The number of Topliss-reactive ketones (excluding diaryl/α,β-unsaturated/α-hetero) is 1. The molecule has 1 fully saturated rings. The number of rotatable bonds is 6. The summed E-state index contributed by atoms with van der Waals surface area (Å²) in [6, 6.07) is 8.50. The molecule has 0 saturated carbocycles. The lowest BCUT2D eigenvalue weighted by molar-refractivity contribution is 0.0444. The molecule has 3 rings (SSSR count). The molecule has 1 aromatic carbocycles. The van der Waals surface area contributed by atoms with Gasteiger partial charge in [-0.15, -0.1) is 0 Å². The first-order valence-corrected chi connectivity index (χ1v) is 9.34. The molecule has 0 bridgehead atoms. The van der Waals surface area contributed by atoms with Gasteiger partial charge in [-0.1, -0.05) is 0 Å². The van der Waals surface area contributed by atoms with E-state index < -0.39 is 28.4 Å². The molecule has 1 aliphatic heterocycles. The number of esters is 1. The fourth-order valence-corrected chi connectivity index (χ4v) is 3.84. The second-order valence-corrected chi connectivity index (χ2v) is 7.46. The van der Waals surface area contributed by atoms with Crippen LogP contribution in [0.2, 0.25) is 0 Å². The lowest BCUT2D eigenvalue weighted by Gasteiger charge is -2.26. The Balaban J connectivity index is 1.63. The molecule has 0 aliphatic carbocycles. The molecule has 26 heavy (non-hydrogen) atoms. The molecule has 9 heteroatoms. The van der Waals surface area contributed by atoms with Crippen LogP contribution in [-0.4, -0.2) is 57.4 Å². The minimum atomic E-state index is -3.62. The van der Waals surface area contributed by atoms with Gasteiger partial charge >= 0.3 is 5.97 Å². The average molecular weight is 379 g/mol. The number of sulfonamides is 1. The molecule has 2 aromatic rings. The molecule has 0 amide bonds. The van der Waals surface area contributed by atoms with Crippen molar-refractivity contribution < 1.29 is 31.9 Å². The molecule has 1 saturated heterocycles. The molecule has 2 heterocycles. The fourth-order valence-electron chi connectivity index (χ4n) is 2.43. The quantitative estimate of drug-likeness (QED) is 0.551. The van der Waals surface area contributed by atoms with E-state index in [1.54, 1.807) is 0 Å². The highest BCUT2D eigenvalue weighted by Crippen LogP contribution is 2.18. The van der Waals surface area contributed by atoms with Gasteiger partial charge in [0.25, 0.3) is 0 Å². The van der Waals surface area contributed by atoms with E-state index in [0.717, 1.165) is 0 Å². The zero-order valence-corrected chi connectivity index (χ0v) is 14.6. The molecule has 0 spiro atoms. The van der Waals surface area contributed by atoms with Gasteiger partial charge in [-0.25, -0.2) is 13.2 Å². The van der Waals surface area contributed by atoms with E-state index in [9.17, 15) is 18.0 Å². The standard InChI is InChI=1S/C17H17NO7S/c19-15(12-25-17(20)16-2-1-9-24-16)13-3-5-14(6-4-13)26(21,22)18-7-10-23-11-8-18/h1-6,9H,7-8,10-12H2. The van der Waals surface area contributed by atoms with Gasteiger partial charge in [0.1, 0.15) is 0 Å². The number of hydrogen-bond donors (Lipinski definition) is 0. The Morgan fingerprint density at radius 1 is 1.08 bits per heavy atom. The number of benzene rings is 1. The summed E-state index contributed by atoms with van der Waals surface area (Å²) in [5, 5.41) is 0. The Kier molecular flexibility index (Phi) is 5.50. The maximum atomic E-state index is 12.5. The summed E-state index contributed by atoms with van der Waals surface area (Å²) in [6.45, 7) is 0.847. The minimum Gasteiger partial charge on any atom is -0.457 e. The number of ketones is 1. The highest BCUT2D eigenvalue weighted by Gasteiger charge is 2.26. The van der Waals surface area contributed by atoms with Crippen molar-refractivity contribution in [3.05, 3.63) is 54.0 Å². The largest absolute Gasteiger partial charge is 0.457 e. The van der Waals surface area contributed by atoms with Crippen molar-refractivity contribution >= 4 is 21.8 Å². The summed E-state index contributed by atoms with van der Waals surface area (Å²) in [5.74, 6) is -1.18. The zero-order chi connectivity index (χ0) is 18.6. The van der Waals surface area contributed by atoms with Crippen LogP contribution in [0.5, 0.6) is 0 Å². The first-order valence-electron chi connectivity index (χ1n) is 7.90. The maximum absolute atomic E-state index is 12.5. The number of carbonyl (C=O) groups is 2. The van der Waals surface area contributed by atoms with Gasteiger partial charge in [-0.3, -0.25) is 4.79 Å². The number of ether oxygens (including phenoxy) is 2. The summed E-state index contributed by atoms with van der Waals surface area (Å²) in [4.78, 5) is 23.8. The van der Waals surface area contributed by atoms with Crippen molar-refractivity contribution in [3.8, 4) is 0 Å². The molecule has 0 atom stereocenters. The van der Waals surface area contributed by atoms with Gasteiger partial charge in [-0.05, 0) is 36.4 Å². The lowest BCUT2D eigenvalue weighted by Crippen LogP contribution is -2.40. The summed E-state index contributed by atoms with van der Waals surface area (Å²) in [5.41, 5.74) is 0.248. The Bertz CT molecular complexity index is 866. The van der Waals surface area contributed by atoms with E-state index in [4.69, 9.17) is 13.9 Å². The molecule has 8 nitrogen and oxygen atoms in total. The lowest BCUT2D eigenvalue weighted by atomic mass is 10.1. The van der Waals surface area contributed by atoms with Crippen LogP contribution >= 0.6 is 0 Å². The van der Waals surface area contributed by atoms with E-state index >= 15 is 0 Å². The second-order valence-electron chi connectivity index (χ2n) is 5.52. The van der Waals surface area contributed by atoms with Crippen molar-refractivity contribution in [3.63, 3.8) is 0 Å². The van der Waals surface area contributed by atoms with E-state index in [1.807, 2.05) is 0 Å². The SMILES string of the molecule is O=C(COC(=O)c1ccco1)c1ccc(S(=O)(=O)N2CCOCC2)cc1. The van der Waals surface area contributed by atoms with Gasteiger partial charge in [-0.2, -0.15) is 4.31 Å². The number of morpholine rings is 1. The molecule has 0 radical (unpaired) electrons. The third-order valence-corrected chi connectivity index (χ3v) is 5.75. The topological polar surface area (TPSA) is 103 Å². The maximum Gasteiger partial charge on any atom is 0.374 e. The van der Waals surface area contributed by atoms with Crippen LogP contribution in [0.1, 0.15) is 20.9 Å². The monoisotopic (exact) mass is 379 g/mol. The number of furan rings is 1. The molecular weight excluding hydrogens is 362 g/mol. The van der Waals surface area contributed by atoms with Crippen LogP contribution in [0, 0.1) is 0 Å². The molecular formula is C17H17NO7S. The fraction of sp³-hybridized carbons (Fsp3) is 0.294. The van der Waals surface area contributed by atoms with Crippen molar-refractivity contribution in [2.75, 3.05) is 32.9 Å². The van der Waals surface area contributed by atoms with E-state index in [0.29, 0.717) is 26.3 Å². The summed E-state index contributed by atoms with van der Waals surface area (Å²) < 4.78 is 41.3. The molecule has 0 N–H and O–H groups in total. The van der Waals surface area contributed by atoms with Crippen molar-refractivity contribution in [1.82, 2.24) is 4.31 Å². The van der Waals surface area contributed by atoms with Gasteiger partial charge < -0.3 is 13.9 Å². The predicted molar refractivity (Wildman–Crippen MR) is 89.3 cm³/mol. The minimum absolute atomic E-state index is 0.00440. The number of nitrogens with zero attached hydrogens (tertiary/aromatic N) is 1. The van der Waals surface area contributed by atoms with Crippen LogP contribution in [0.15, 0.2) is 52.0 Å². The van der Waals surface area contributed by atoms with Crippen molar-refractivity contribution in [2.45, 2.75) is 4.90 Å². The molecule has 1 aromatic heterocycles. The average Bonchev–Trinajstić information content (AvgIpc) is 3.21. The van der Waals surface area contributed by atoms with E-state index in [1.165, 1.54) is 47.0 Å². The number of carbonyl (C=O) groups excluding carboxylic acids is 2. The van der Waals surface area contributed by atoms with Crippen molar-refractivity contribution in [2.24, 2.45) is 0 Å². The van der Waals surface area contributed by atoms with Crippen LogP contribution < -0.4 is 0 Å². The third kappa shape index (κ3) is 4.01. The Labute approximate surface area is 150 Å². The molecule has 0 unspecified atom stereocenters. The Morgan fingerprint density at radius 2 is 1.77 bits per heavy atom. The van der Waals surface area contributed by atoms with Gasteiger partial charge in [0.15, 0.2) is 12.4 Å². The van der Waals surface area contributed by atoms with Crippen LogP contribution in [0.3, 0.4) is 0 Å². The third-order valence-electron chi connectivity index (χ3n) is 3.84. The summed E-state index contributed by atoms with van der Waals surface area (Å²) >= 11 is 0. The summed E-state index contributed by atoms with van der Waals surface area (Å²) in [7, 11) is -3.62. The van der Waals surface area contributed by atoms with Gasteiger partial charge in [0, 0.05) is 18.7 Å². The van der Waals surface area contributed by atoms with Crippen molar-refractivity contribution in [1.29, 1.82) is 0 Å². The molecule has 138 valence electrons.